The van der Waals surface area contributed by atoms with Gasteiger partial charge in [-0.2, -0.15) is 0 Å². The van der Waals surface area contributed by atoms with E-state index in [1.54, 1.807) is 4.90 Å². The second kappa shape index (κ2) is 7.40. The normalized spacial score (nSPS) is 22.7. The molecule has 0 spiro atoms. The molecule has 2 amide bonds. The van der Waals surface area contributed by atoms with Crippen LogP contribution in [0.15, 0.2) is 0 Å². The van der Waals surface area contributed by atoms with Gasteiger partial charge in [-0.25, -0.2) is 0 Å². The smallest absolute Gasteiger partial charge is 0.317 e. The summed E-state index contributed by atoms with van der Waals surface area (Å²) < 4.78 is 0. The Morgan fingerprint density at radius 3 is 2.76 bits per heavy atom. The first-order chi connectivity index (χ1) is 10.1. The Labute approximate surface area is 124 Å². The number of piperidine rings is 1. The summed E-state index contributed by atoms with van der Waals surface area (Å²) in [5.41, 5.74) is 0. The number of aliphatic carboxylic acids is 1. The number of hydrogen-bond acceptors (Lipinski definition) is 4. The molecule has 2 fully saturated rings. The minimum absolute atomic E-state index is 0.00758. The van der Waals surface area contributed by atoms with E-state index in [2.05, 4.69) is 5.32 Å². The van der Waals surface area contributed by atoms with E-state index in [-0.39, 0.29) is 30.8 Å². The predicted octanol–water partition coefficient (Wildman–Crippen LogP) is -0.478. The van der Waals surface area contributed by atoms with Gasteiger partial charge < -0.3 is 20.2 Å². The summed E-state index contributed by atoms with van der Waals surface area (Å²) in [5.74, 6) is -0.504. The number of nitrogens with zero attached hydrogens (tertiary/aromatic N) is 2. The Bertz CT molecular complexity index is 413. The van der Waals surface area contributed by atoms with E-state index >= 15 is 0 Å². The highest BCUT2D eigenvalue weighted by molar-refractivity contribution is 5.85. The van der Waals surface area contributed by atoms with Crippen molar-refractivity contribution in [2.75, 3.05) is 39.3 Å². The maximum atomic E-state index is 12.2. The van der Waals surface area contributed by atoms with Crippen LogP contribution in [0.25, 0.3) is 0 Å². The van der Waals surface area contributed by atoms with Crippen molar-refractivity contribution in [3.8, 4) is 0 Å². The van der Waals surface area contributed by atoms with Gasteiger partial charge in [0, 0.05) is 32.6 Å². The molecule has 21 heavy (non-hydrogen) atoms. The van der Waals surface area contributed by atoms with Crippen LogP contribution in [0.3, 0.4) is 0 Å². The fraction of sp³-hybridized carbons (Fsp3) is 0.786. The monoisotopic (exact) mass is 297 g/mol. The fourth-order valence-corrected chi connectivity index (χ4v) is 2.98. The van der Waals surface area contributed by atoms with Crippen LogP contribution < -0.4 is 5.32 Å². The quantitative estimate of drug-likeness (QED) is 0.691. The van der Waals surface area contributed by atoms with Crippen LogP contribution in [0.1, 0.15) is 25.7 Å². The van der Waals surface area contributed by atoms with Crippen LogP contribution in [-0.2, 0) is 14.4 Å². The summed E-state index contributed by atoms with van der Waals surface area (Å²) >= 11 is 0. The molecule has 0 aliphatic carbocycles. The van der Waals surface area contributed by atoms with E-state index in [0.29, 0.717) is 26.1 Å². The highest BCUT2D eigenvalue weighted by Gasteiger charge is 2.28. The fourth-order valence-electron chi connectivity index (χ4n) is 2.98. The zero-order valence-corrected chi connectivity index (χ0v) is 12.2. The number of hydrogen-bond donors (Lipinski definition) is 2. The number of rotatable bonds is 6. The molecular formula is C14H23N3O4. The lowest BCUT2D eigenvalue weighted by Gasteiger charge is -2.33. The van der Waals surface area contributed by atoms with E-state index in [0.717, 1.165) is 25.8 Å². The third-order valence-electron chi connectivity index (χ3n) is 4.08. The van der Waals surface area contributed by atoms with Crippen LogP contribution in [0.4, 0.5) is 0 Å². The van der Waals surface area contributed by atoms with Crippen LogP contribution in [-0.4, -0.2) is 72.0 Å². The van der Waals surface area contributed by atoms with Gasteiger partial charge in [-0.3, -0.25) is 14.4 Å². The molecule has 7 nitrogen and oxygen atoms in total. The molecule has 0 aromatic rings. The van der Waals surface area contributed by atoms with E-state index in [1.165, 1.54) is 0 Å². The second-order valence-electron chi connectivity index (χ2n) is 5.79. The molecular weight excluding hydrogens is 274 g/mol. The Kier molecular flexibility index (Phi) is 5.55. The van der Waals surface area contributed by atoms with Crippen LogP contribution in [0.2, 0.25) is 0 Å². The van der Waals surface area contributed by atoms with Crippen molar-refractivity contribution in [1.82, 2.24) is 15.1 Å². The SMILES string of the molecule is O=C(O)CNCC1CCCN(C(=O)CN2CCCC2=O)C1. The van der Waals surface area contributed by atoms with Crippen molar-refractivity contribution in [3.05, 3.63) is 0 Å². The van der Waals surface area contributed by atoms with Gasteiger partial charge in [0.2, 0.25) is 11.8 Å². The van der Waals surface area contributed by atoms with Crippen molar-refractivity contribution in [2.45, 2.75) is 25.7 Å². The summed E-state index contributed by atoms with van der Waals surface area (Å²) in [7, 11) is 0. The first kappa shape index (κ1) is 15.8. The molecule has 118 valence electrons. The van der Waals surface area contributed by atoms with Gasteiger partial charge in [0.25, 0.3) is 0 Å². The number of likely N-dealkylation sites (tertiary alicyclic amines) is 2. The zero-order valence-electron chi connectivity index (χ0n) is 12.2. The molecule has 2 heterocycles. The molecule has 7 heteroatoms. The minimum atomic E-state index is -0.869. The summed E-state index contributed by atoms with van der Waals surface area (Å²) in [6.07, 6.45) is 3.32. The van der Waals surface area contributed by atoms with E-state index in [9.17, 15) is 14.4 Å². The molecule has 2 rings (SSSR count). The number of carbonyl (C=O) groups excluding carboxylic acids is 2. The van der Waals surface area contributed by atoms with Gasteiger partial charge in [0.05, 0.1) is 13.1 Å². The Hall–Kier alpha value is -1.63. The lowest BCUT2D eigenvalue weighted by Crippen LogP contribution is -2.47. The highest BCUT2D eigenvalue weighted by Crippen LogP contribution is 2.17. The van der Waals surface area contributed by atoms with E-state index < -0.39 is 5.97 Å². The molecule has 2 saturated heterocycles. The van der Waals surface area contributed by atoms with Crippen molar-refractivity contribution < 1.29 is 19.5 Å². The Balaban J connectivity index is 1.75. The van der Waals surface area contributed by atoms with Crippen LogP contribution in [0.5, 0.6) is 0 Å². The molecule has 0 saturated carbocycles. The maximum Gasteiger partial charge on any atom is 0.317 e. The highest BCUT2D eigenvalue weighted by atomic mass is 16.4. The molecule has 2 N–H and O–H groups in total. The zero-order chi connectivity index (χ0) is 15.2. The third kappa shape index (κ3) is 4.70. The lowest BCUT2D eigenvalue weighted by atomic mass is 9.98. The molecule has 1 atom stereocenters. The first-order valence-corrected chi connectivity index (χ1v) is 7.54. The molecule has 0 aromatic heterocycles. The second-order valence-corrected chi connectivity index (χ2v) is 5.79. The van der Waals surface area contributed by atoms with Crippen molar-refractivity contribution in [3.63, 3.8) is 0 Å². The number of carbonyl (C=O) groups is 3. The molecule has 0 aromatic carbocycles. The van der Waals surface area contributed by atoms with Crippen molar-refractivity contribution in [2.24, 2.45) is 5.92 Å². The van der Waals surface area contributed by atoms with Gasteiger partial charge >= 0.3 is 5.97 Å². The van der Waals surface area contributed by atoms with Crippen molar-refractivity contribution >= 4 is 17.8 Å². The van der Waals surface area contributed by atoms with Gasteiger partial charge in [0.15, 0.2) is 0 Å². The Morgan fingerprint density at radius 1 is 1.29 bits per heavy atom. The number of carboxylic acids is 1. The molecule has 0 radical (unpaired) electrons. The average molecular weight is 297 g/mol. The summed E-state index contributed by atoms with van der Waals surface area (Å²) in [6, 6.07) is 0. The van der Waals surface area contributed by atoms with Gasteiger partial charge in [-0.15, -0.1) is 0 Å². The maximum absolute atomic E-state index is 12.2. The molecule has 0 bridgehead atoms. The van der Waals surface area contributed by atoms with Crippen molar-refractivity contribution in [1.29, 1.82) is 0 Å². The van der Waals surface area contributed by atoms with Gasteiger partial charge in [-0.05, 0) is 25.2 Å². The van der Waals surface area contributed by atoms with Gasteiger partial charge in [0.1, 0.15) is 0 Å². The Morgan fingerprint density at radius 2 is 2.10 bits per heavy atom. The minimum Gasteiger partial charge on any atom is -0.480 e. The van der Waals surface area contributed by atoms with Crippen LogP contribution >= 0.6 is 0 Å². The van der Waals surface area contributed by atoms with Gasteiger partial charge in [-0.1, -0.05) is 0 Å². The topological polar surface area (TPSA) is 89.9 Å². The van der Waals surface area contributed by atoms with E-state index in [4.69, 9.17) is 5.11 Å². The molecule has 2 aliphatic rings. The predicted molar refractivity (Wildman–Crippen MR) is 75.6 cm³/mol. The third-order valence-corrected chi connectivity index (χ3v) is 4.08. The average Bonchev–Trinajstić information content (AvgIpc) is 2.84. The van der Waals surface area contributed by atoms with Crippen LogP contribution in [0, 0.1) is 5.92 Å². The standard InChI is InChI=1S/C14H23N3O4/c18-12-4-2-6-17(12)10-13(19)16-5-1-3-11(9-16)7-15-8-14(20)21/h11,15H,1-10H2,(H,20,21). The summed E-state index contributed by atoms with van der Waals surface area (Å²) in [5, 5.41) is 11.5. The number of carboxylic acid groups (broad SMARTS) is 1. The van der Waals surface area contributed by atoms with E-state index in [1.807, 2.05) is 4.90 Å². The molecule has 2 aliphatic heterocycles. The summed E-state index contributed by atoms with van der Waals surface area (Å²) in [6.45, 7) is 2.81. The largest absolute Gasteiger partial charge is 0.480 e. The summed E-state index contributed by atoms with van der Waals surface area (Å²) in [4.78, 5) is 37.7. The number of nitrogens with one attached hydrogen (secondary N) is 1. The first-order valence-electron chi connectivity index (χ1n) is 7.54. The molecule has 1 unspecified atom stereocenters. The number of amides is 2. The lowest BCUT2D eigenvalue weighted by molar-refractivity contribution is -0.139.